The number of aryl methyl sites for hydroxylation is 1. The highest BCUT2D eigenvalue weighted by Crippen LogP contribution is 2.19. The average Bonchev–Trinajstić information content (AvgIpc) is 2.46. The summed E-state index contributed by atoms with van der Waals surface area (Å²) in [6.45, 7) is 6.37. The minimum atomic E-state index is 0.390. The van der Waals surface area contributed by atoms with Crippen molar-refractivity contribution in [2.24, 2.45) is 0 Å². The van der Waals surface area contributed by atoms with Gasteiger partial charge in [-0.25, -0.2) is 0 Å². The van der Waals surface area contributed by atoms with Gasteiger partial charge in [-0.15, -0.1) is 0 Å². The van der Waals surface area contributed by atoms with Gasteiger partial charge in [0.25, 0.3) is 0 Å². The topological polar surface area (TPSA) is 21.3 Å². The van der Waals surface area contributed by atoms with Gasteiger partial charge in [0, 0.05) is 12.6 Å². The normalized spacial score (nSPS) is 21.3. The summed E-state index contributed by atoms with van der Waals surface area (Å²) in [5.74, 6) is 0. The molecule has 0 aliphatic carbocycles. The summed E-state index contributed by atoms with van der Waals surface area (Å²) < 4.78 is 5.97. The third kappa shape index (κ3) is 4.63. The van der Waals surface area contributed by atoms with Crippen molar-refractivity contribution in [3.8, 4) is 0 Å². The smallest absolute Gasteiger partial charge is 0.0731 e. The molecule has 0 spiro atoms. The molecule has 0 amide bonds. The van der Waals surface area contributed by atoms with Crippen LogP contribution in [0.2, 0.25) is 0 Å². The molecule has 1 saturated heterocycles. The van der Waals surface area contributed by atoms with E-state index in [0.29, 0.717) is 12.1 Å². The van der Waals surface area contributed by atoms with Gasteiger partial charge in [-0.1, -0.05) is 36.8 Å². The third-order valence-electron chi connectivity index (χ3n) is 3.90. The number of hydrogen-bond donors (Lipinski definition) is 1. The number of nitrogens with one attached hydrogen (secondary N) is 1. The lowest BCUT2D eigenvalue weighted by molar-refractivity contribution is -0.00737. The zero-order valence-corrected chi connectivity index (χ0v) is 12.3. The molecule has 1 aliphatic heterocycles. The lowest BCUT2D eigenvalue weighted by Crippen LogP contribution is -2.44. The molecule has 0 radical (unpaired) electrons. The molecule has 2 heteroatoms. The van der Waals surface area contributed by atoms with Gasteiger partial charge in [0.05, 0.1) is 6.10 Å². The Morgan fingerprint density at radius 1 is 1.26 bits per heavy atom. The van der Waals surface area contributed by atoms with Crippen LogP contribution in [0.3, 0.4) is 0 Å². The van der Waals surface area contributed by atoms with E-state index in [1.165, 1.54) is 36.8 Å². The Morgan fingerprint density at radius 2 is 2.05 bits per heavy atom. The van der Waals surface area contributed by atoms with Gasteiger partial charge in [-0.05, 0) is 51.1 Å². The van der Waals surface area contributed by atoms with E-state index >= 15 is 0 Å². The molecule has 1 fully saturated rings. The van der Waals surface area contributed by atoms with Crippen LogP contribution in [0.25, 0.3) is 0 Å². The molecule has 0 saturated carbocycles. The summed E-state index contributed by atoms with van der Waals surface area (Å²) in [5, 5.41) is 3.68. The first kappa shape index (κ1) is 14.5. The molecule has 1 heterocycles. The summed E-state index contributed by atoms with van der Waals surface area (Å²) in [6.07, 6.45) is 6.38. The fourth-order valence-electron chi connectivity index (χ4n) is 2.73. The van der Waals surface area contributed by atoms with E-state index in [4.69, 9.17) is 4.74 Å². The van der Waals surface area contributed by atoms with Crippen LogP contribution in [0, 0.1) is 6.92 Å². The highest BCUT2D eigenvalue weighted by molar-refractivity contribution is 5.22. The van der Waals surface area contributed by atoms with Crippen molar-refractivity contribution in [1.29, 1.82) is 0 Å². The van der Waals surface area contributed by atoms with Gasteiger partial charge < -0.3 is 10.1 Å². The summed E-state index contributed by atoms with van der Waals surface area (Å²) >= 11 is 0. The summed E-state index contributed by atoms with van der Waals surface area (Å²) in [4.78, 5) is 0. The number of benzene rings is 1. The molecule has 106 valence electrons. The quantitative estimate of drug-likeness (QED) is 0.846. The Kier molecular flexibility index (Phi) is 5.87. The Hall–Kier alpha value is -0.860. The van der Waals surface area contributed by atoms with Crippen molar-refractivity contribution in [3.05, 3.63) is 35.4 Å². The Labute approximate surface area is 117 Å². The summed E-state index contributed by atoms with van der Waals surface area (Å²) in [6, 6.07) is 9.36. The van der Waals surface area contributed by atoms with Crippen molar-refractivity contribution in [1.82, 2.24) is 5.32 Å². The first-order valence-electron chi connectivity index (χ1n) is 7.70. The molecule has 1 aromatic rings. The molecule has 2 rings (SSSR count). The highest BCUT2D eigenvalue weighted by Gasteiger charge is 2.24. The van der Waals surface area contributed by atoms with Crippen LogP contribution in [-0.2, 0) is 11.2 Å². The van der Waals surface area contributed by atoms with Crippen LogP contribution in [0.5, 0.6) is 0 Å². The van der Waals surface area contributed by atoms with E-state index in [1.54, 1.807) is 0 Å². The Bertz CT molecular complexity index is 354. The first-order chi connectivity index (χ1) is 9.29. The molecule has 2 atom stereocenters. The molecule has 1 aromatic carbocycles. The zero-order chi connectivity index (χ0) is 13.5. The maximum absolute atomic E-state index is 5.97. The van der Waals surface area contributed by atoms with E-state index < -0.39 is 0 Å². The number of hydrogen-bond acceptors (Lipinski definition) is 2. The van der Waals surface area contributed by atoms with Crippen molar-refractivity contribution in [2.45, 2.75) is 58.1 Å². The van der Waals surface area contributed by atoms with Crippen LogP contribution in [0.4, 0.5) is 0 Å². The summed E-state index contributed by atoms with van der Waals surface area (Å²) in [7, 11) is 0. The van der Waals surface area contributed by atoms with Gasteiger partial charge in [0.15, 0.2) is 0 Å². The highest BCUT2D eigenvalue weighted by atomic mass is 16.5. The van der Waals surface area contributed by atoms with Gasteiger partial charge in [0.1, 0.15) is 0 Å². The molecule has 0 aromatic heterocycles. The van der Waals surface area contributed by atoms with E-state index in [9.17, 15) is 0 Å². The number of rotatable bonds is 6. The van der Waals surface area contributed by atoms with Crippen LogP contribution in [0.15, 0.2) is 24.3 Å². The van der Waals surface area contributed by atoms with E-state index in [-0.39, 0.29) is 0 Å². The van der Waals surface area contributed by atoms with Gasteiger partial charge in [-0.3, -0.25) is 0 Å². The lowest BCUT2D eigenvalue weighted by Gasteiger charge is -2.31. The van der Waals surface area contributed by atoms with Crippen LogP contribution in [0.1, 0.15) is 43.7 Å². The maximum Gasteiger partial charge on any atom is 0.0731 e. The fraction of sp³-hybridized carbons (Fsp3) is 0.647. The van der Waals surface area contributed by atoms with Gasteiger partial charge in [-0.2, -0.15) is 0 Å². The minimum Gasteiger partial charge on any atom is -0.377 e. The third-order valence-corrected chi connectivity index (χ3v) is 3.90. The van der Waals surface area contributed by atoms with Crippen LogP contribution in [-0.4, -0.2) is 25.3 Å². The van der Waals surface area contributed by atoms with Crippen molar-refractivity contribution >= 4 is 0 Å². The number of ether oxygens (including phenoxy) is 1. The molecule has 2 unspecified atom stereocenters. The Balaban J connectivity index is 1.97. The molecular weight excluding hydrogens is 234 g/mol. The maximum atomic E-state index is 5.97. The Morgan fingerprint density at radius 3 is 2.68 bits per heavy atom. The molecule has 1 aliphatic rings. The lowest BCUT2D eigenvalue weighted by atomic mass is 9.95. The van der Waals surface area contributed by atoms with E-state index in [2.05, 4.69) is 43.4 Å². The molecule has 2 nitrogen and oxygen atoms in total. The standard InChI is InChI=1S/C17H27NO/c1-3-11-18-16(17-6-4-5-12-19-17)13-15-9-7-14(2)8-10-15/h7-10,16-18H,3-6,11-13H2,1-2H3. The van der Waals surface area contributed by atoms with Gasteiger partial charge >= 0.3 is 0 Å². The van der Waals surface area contributed by atoms with E-state index in [1.807, 2.05) is 0 Å². The van der Waals surface area contributed by atoms with Crippen molar-refractivity contribution < 1.29 is 4.74 Å². The largest absolute Gasteiger partial charge is 0.377 e. The van der Waals surface area contributed by atoms with Crippen LogP contribution >= 0.6 is 0 Å². The molecule has 1 N–H and O–H groups in total. The average molecular weight is 261 g/mol. The molecule has 19 heavy (non-hydrogen) atoms. The predicted molar refractivity (Wildman–Crippen MR) is 80.6 cm³/mol. The molecular formula is C17H27NO. The predicted octanol–water partition coefficient (Wildman–Crippen LogP) is 3.47. The first-order valence-corrected chi connectivity index (χ1v) is 7.70. The monoisotopic (exact) mass is 261 g/mol. The fourth-order valence-corrected chi connectivity index (χ4v) is 2.73. The van der Waals surface area contributed by atoms with E-state index in [0.717, 1.165) is 19.6 Å². The van der Waals surface area contributed by atoms with Crippen molar-refractivity contribution in [3.63, 3.8) is 0 Å². The molecule has 0 bridgehead atoms. The summed E-state index contributed by atoms with van der Waals surface area (Å²) in [5.41, 5.74) is 2.74. The SMILES string of the molecule is CCCNC(Cc1ccc(C)cc1)C1CCCCO1. The van der Waals surface area contributed by atoms with Gasteiger partial charge in [0.2, 0.25) is 0 Å². The minimum absolute atomic E-state index is 0.390. The van der Waals surface area contributed by atoms with Crippen molar-refractivity contribution in [2.75, 3.05) is 13.2 Å². The second kappa shape index (κ2) is 7.66. The zero-order valence-electron chi connectivity index (χ0n) is 12.3. The van der Waals surface area contributed by atoms with Crippen LogP contribution < -0.4 is 5.32 Å². The second-order valence-corrected chi connectivity index (χ2v) is 5.66. The second-order valence-electron chi connectivity index (χ2n) is 5.66.